The van der Waals surface area contributed by atoms with Crippen molar-refractivity contribution in [1.29, 1.82) is 0 Å². The molecule has 0 saturated heterocycles. The number of nitro benzene ring substituents is 1. The van der Waals surface area contributed by atoms with Crippen LogP contribution in [0.1, 0.15) is 20.8 Å². The highest BCUT2D eigenvalue weighted by atomic mass is 35.5. The van der Waals surface area contributed by atoms with Crippen LogP contribution < -0.4 is 4.90 Å². The average molecular weight is 257 g/mol. The Morgan fingerprint density at radius 1 is 1.47 bits per heavy atom. The lowest BCUT2D eigenvalue weighted by molar-refractivity contribution is -0.384. The van der Waals surface area contributed by atoms with Gasteiger partial charge in [-0.05, 0) is 25.0 Å². The Morgan fingerprint density at radius 2 is 2.12 bits per heavy atom. The summed E-state index contributed by atoms with van der Waals surface area (Å²) in [5, 5.41) is 11.2. The first-order valence-corrected chi connectivity index (χ1v) is 6.03. The summed E-state index contributed by atoms with van der Waals surface area (Å²) in [4.78, 5) is 12.6. The lowest BCUT2D eigenvalue weighted by Crippen LogP contribution is -2.27. The highest BCUT2D eigenvalue weighted by Gasteiger charge is 2.22. The van der Waals surface area contributed by atoms with Gasteiger partial charge in [0.15, 0.2) is 0 Å². The van der Waals surface area contributed by atoms with Crippen LogP contribution in [0.3, 0.4) is 0 Å². The van der Waals surface area contributed by atoms with Gasteiger partial charge in [-0.3, -0.25) is 10.1 Å². The molecule has 5 heteroatoms. The van der Waals surface area contributed by atoms with Crippen LogP contribution in [0.4, 0.5) is 11.4 Å². The van der Waals surface area contributed by atoms with Gasteiger partial charge in [0.25, 0.3) is 0 Å². The van der Waals surface area contributed by atoms with E-state index in [0.29, 0.717) is 11.6 Å². The third-order valence-corrected chi connectivity index (χ3v) is 2.76. The summed E-state index contributed by atoms with van der Waals surface area (Å²) in [6.07, 6.45) is 0. The number of hydrogen-bond acceptors (Lipinski definition) is 3. The molecule has 0 saturated carbocycles. The van der Waals surface area contributed by atoms with E-state index in [0.717, 1.165) is 13.1 Å². The highest BCUT2D eigenvalue weighted by Crippen LogP contribution is 2.35. The molecule has 0 aliphatic rings. The fraction of sp³-hybridized carbons (Fsp3) is 0.500. The van der Waals surface area contributed by atoms with Gasteiger partial charge in [-0.15, -0.1) is 0 Å². The summed E-state index contributed by atoms with van der Waals surface area (Å²) in [5.41, 5.74) is 0.593. The van der Waals surface area contributed by atoms with Crippen molar-refractivity contribution in [2.24, 2.45) is 5.92 Å². The molecule has 0 heterocycles. The molecule has 0 spiro atoms. The van der Waals surface area contributed by atoms with E-state index in [-0.39, 0.29) is 10.7 Å². The molecule has 0 fully saturated rings. The van der Waals surface area contributed by atoms with Crippen LogP contribution in [0, 0.1) is 16.0 Å². The molecule has 0 unspecified atom stereocenters. The highest BCUT2D eigenvalue weighted by molar-refractivity contribution is 6.33. The van der Waals surface area contributed by atoms with Gasteiger partial charge in [-0.1, -0.05) is 31.5 Å². The van der Waals surface area contributed by atoms with E-state index in [9.17, 15) is 10.1 Å². The first-order chi connectivity index (χ1) is 7.97. The van der Waals surface area contributed by atoms with Crippen LogP contribution in [-0.4, -0.2) is 18.0 Å². The zero-order valence-electron chi connectivity index (χ0n) is 10.3. The maximum atomic E-state index is 11.0. The number of nitrogens with zero attached hydrogens (tertiary/aromatic N) is 2. The fourth-order valence-electron chi connectivity index (χ4n) is 1.78. The van der Waals surface area contributed by atoms with Gasteiger partial charge in [-0.2, -0.15) is 0 Å². The molecule has 94 valence electrons. The van der Waals surface area contributed by atoms with E-state index in [1.54, 1.807) is 18.2 Å². The second-order valence-electron chi connectivity index (χ2n) is 4.30. The number of anilines is 1. The molecule has 0 amide bonds. The van der Waals surface area contributed by atoms with Crippen molar-refractivity contribution in [3.05, 3.63) is 33.3 Å². The van der Waals surface area contributed by atoms with Crippen LogP contribution in [-0.2, 0) is 0 Å². The standard InChI is InChI=1S/C12H17ClN2O2/c1-4-14(8-9(2)3)11-7-5-6-10(13)12(11)15(16)17/h5-7,9H,4,8H2,1-3H3. The van der Waals surface area contributed by atoms with Crippen molar-refractivity contribution in [3.8, 4) is 0 Å². The molecule has 0 aliphatic heterocycles. The van der Waals surface area contributed by atoms with Gasteiger partial charge in [0.2, 0.25) is 0 Å². The second-order valence-corrected chi connectivity index (χ2v) is 4.70. The van der Waals surface area contributed by atoms with Gasteiger partial charge >= 0.3 is 5.69 Å². The quantitative estimate of drug-likeness (QED) is 0.596. The second kappa shape index (κ2) is 5.87. The largest absolute Gasteiger partial charge is 0.366 e. The molecule has 0 aliphatic carbocycles. The van der Waals surface area contributed by atoms with E-state index in [2.05, 4.69) is 13.8 Å². The number of hydrogen-bond donors (Lipinski definition) is 0. The van der Waals surface area contributed by atoms with E-state index >= 15 is 0 Å². The average Bonchev–Trinajstić information content (AvgIpc) is 2.24. The van der Waals surface area contributed by atoms with Gasteiger partial charge < -0.3 is 4.90 Å². The molecule has 4 nitrogen and oxygen atoms in total. The summed E-state index contributed by atoms with van der Waals surface area (Å²) in [7, 11) is 0. The SMILES string of the molecule is CCN(CC(C)C)c1cccc(Cl)c1[N+](=O)[O-]. The predicted octanol–water partition coefficient (Wildman–Crippen LogP) is 3.73. The summed E-state index contributed by atoms with van der Waals surface area (Å²) < 4.78 is 0. The third kappa shape index (κ3) is 3.33. The van der Waals surface area contributed by atoms with Crippen molar-refractivity contribution in [3.63, 3.8) is 0 Å². The van der Waals surface area contributed by atoms with Gasteiger partial charge in [-0.25, -0.2) is 0 Å². The van der Waals surface area contributed by atoms with Crippen LogP contribution in [0.15, 0.2) is 18.2 Å². The number of nitro groups is 1. The molecule has 1 aromatic carbocycles. The Morgan fingerprint density at radius 3 is 2.59 bits per heavy atom. The maximum Gasteiger partial charge on any atom is 0.310 e. The Balaban J connectivity index is 3.18. The van der Waals surface area contributed by atoms with Crippen molar-refractivity contribution in [2.75, 3.05) is 18.0 Å². The van der Waals surface area contributed by atoms with Crippen LogP contribution >= 0.6 is 11.6 Å². The lowest BCUT2D eigenvalue weighted by Gasteiger charge is -2.24. The van der Waals surface area contributed by atoms with Crippen molar-refractivity contribution < 1.29 is 4.92 Å². The zero-order chi connectivity index (χ0) is 13.0. The van der Waals surface area contributed by atoms with Crippen molar-refractivity contribution in [2.45, 2.75) is 20.8 Å². The first-order valence-electron chi connectivity index (χ1n) is 5.65. The molecule has 17 heavy (non-hydrogen) atoms. The maximum absolute atomic E-state index is 11.0. The minimum absolute atomic E-state index is 0.00309. The zero-order valence-corrected chi connectivity index (χ0v) is 11.1. The Labute approximate surface area is 106 Å². The molecular formula is C12H17ClN2O2. The van der Waals surface area contributed by atoms with Crippen LogP contribution in [0.2, 0.25) is 5.02 Å². The molecule has 0 N–H and O–H groups in total. The van der Waals surface area contributed by atoms with E-state index < -0.39 is 4.92 Å². The lowest BCUT2D eigenvalue weighted by atomic mass is 10.1. The van der Waals surface area contributed by atoms with Gasteiger partial charge in [0.05, 0.1) is 4.92 Å². The Kier molecular flexibility index (Phi) is 4.75. The Bertz CT molecular complexity index is 407. The molecule has 0 bridgehead atoms. The summed E-state index contributed by atoms with van der Waals surface area (Å²) in [6.45, 7) is 7.64. The molecular weight excluding hydrogens is 240 g/mol. The van der Waals surface area contributed by atoms with Gasteiger partial charge in [0.1, 0.15) is 10.7 Å². The van der Waals surface area contributed by atoms with Crippen LogP contribution in [0.5, 0.6) is 0 Å². The fourth-order valence-corrected chi connectivity index (χ4v) is 2.02. The Hall–Kier alpha value is -1.29. The van der Waals surface area contributed by atoms with Gasteiger partial charge in [0, 0.05) is 13.1 Å². The van der Waals surface area contributed by atoms with E-state index in [1.165, 1.54) is 0 Å². The molecule has 0 atom stereocenters. The molecule has 0 aromatic heterocycles. The third-order valence-electron chi connectivity index (χ3n) is 2.46. The summed E-state index contributed by atoms with van der Waals surface area (Å²) in [5.74, 6) is 0.438. The van der Waals surface area contributed by atoms with Crippen LogP contribution in [0.25, 0.3) is 0 Å². The van der Waals surface area contributed by atoms with Crippen molar-refractivity contribution >= 4 is 23.0 Å². The molecule has 1 rings (SSSR count). The molecule has 0 radical (unpaired) electrons. The topological polar surface area (TPSA) is 46.4 Å². The summed E-state index contributed by atoms with van der Waals surface area (Å²) >= 11 is 5.89. The smallest absolute Gasteiger partial charge is 0.310 e. The molecule has 1 aromatic rings. The van der Waals surface area contributed by atoms with E-state index in [1.807, 2.05) is 11.8 Å². The first kappa shape index (κ1) is 13.8. The number of para-hydroxylation sites is 1. The number of halogens is 1. The normalized spacial score (nSPS) is 10.6. The minimum Gasteiger partial charge on any atom is -0.366 e. The van der Waals surface area contributed by atoms with E-state index in [4.69, 9.17) is 11.6 Å². The number of rotatable bonds is 5. The predicted molar refractivity (Wildman–Crippen MR) is 70.8 cm³/mol. The number of benzene rings is 1. The minimum atomic E-state index is -0.416. The monoisotopic (exact) mass is 256 g/mol. The van der Waals surface area contributed by atoms with Crippen molar-refractivity contribution in [1.82, 2.24) is 0 Å². The summed E-state index contributed by atoms with van der Waals surface area (Å²) in [6, 6.07) is 5.04.